The molecular weight excluding hydrogens is 239 g/mol. The van der Waals surface area contributed by atoms with Crippen molar-refractivity contribution in [2.75, 3.05) is 5.32 Å². The predicted molar refractivity (Wildman–Crippen MR) is 77.8 cm³/mol. The number of anilines is 1. The summed E-state index contributed by atoms with van der Waals surface area (Å²) in [6.45, 7) is 9.93. The van der Waals surface area contributed by atoms with E-state index in [0.29, 0.717) is 5.92 Å². The fourth-order valence-corrected chi connectivity index (χ4v) is 2.62. The predicted octanol–water partition coefficient (Wildman–Crippen LogP) is 4.48. The molecule has 0 bridgehead atoms. The van der Waals surface area contributed by atoms with E-state index in [-0.39, 0.29) is 5.92 Å². The molecule has 0 aliphatic heterocycles. The van der Waals surface area contributed by atoms with Crippen LogP contribution in [0.15, 0.2) is 30.7 Å². The van der Waals surface area contributed by atoms with Gasteiger partial charge in [0, 0.05) is 11.9 Å². The molecule has 0 radical (unpaired) electrons. The second-order valence-electron chi connectivity index (χ2n) is 6.20. The van der Waals surface area contributed by atoms with Crippen LogP contribution in [0.4, 0.5) is 10.1 Å². The summed E-state index contributed by atoms with van der Waals surface area (Å²) in [6.07, 6.45) is 6.16. The average Bonchev–Trinajstić information content (AvgIpc) is 2.84. The van der Waals surface area contributed by atoms with E-state index >= 15 is 0 Å². The Kier molecular flexibility index (Phi) is 3.93. The third kappa shape index (κ3) is 4.05. The van der Waals surface area contributed by atoms with E-state index in [1.165, 1.54) is 0 Å². The van der Waals surface area contributed by atoms with Gasteiger partial charge in [-0.05, 0) is 56.6 Å². The van der Waals surface area contributed by atoms with Crippen molar-refractivity contribution in [2.45, 2.75) is 45.7 Å². The van der Waals surface area contributed by atoms with Crippen molar-refractivity contribution in [3.63, 3.8) is 0 Å². The van der Waals surface area contributed by atoms with Crippen LogP contribution < -0.4 is 5.32 Å². The van der Waals surface area contributed by atoms with Gasteiger partial charge in [0.15, 0.2) is 0 Å². The maximum atomic E-state index is 13.5. The zero-order valence-electron chi connectivity index (χ0n) is 12.0. The van der Waals surface area contributed by atoms with Gasteiger partial charge in [-0.15, -0.1) is 0 Å². The highest BCUT2D eigenvalue weighted by molar-refractivity contribution is 5.47. The fraction of sp³-hybridized carbons (Fsp3) is 0.562. The monoisotopic (exact) mass is 262 g/mol. The number of aryl methyl sites for hydroxylation is 1. The molecule has 0 spiro atoms. The summed E-state index contributed by atoms with van der Waals surface area (Å²) in [6, 6.07) is 2.04. The van der Waals surface area contributed by atoms with Gasteiger partial charge in [0.1, 0.15) is 5.67 Å². The lowest BCUT2D eigenvalue weighted by Gasteiger charge is -2.15. The van der Waals surface area contributed by atoms with Crippen molar-refractivity contribution in [3.8, 4) is 0 Å². The minimum atomic E-state index is -0.913. The molecule has 2 rings (SSSR count). The van der Waals surface area contributed by atoms with E-state index in [9.17, 15) is 4.39 Å². The van der Waals surface area contributed by atoms with Crippen LogP contribution in [0.25, 0.3) is 0 Å². The number of halogens is 1. The fourth-order valence-electron chi connectivity index (χ4n) is 2.62. The molecular formula is C16H23FN2. The number of allylic oxidation sites excluding steroid dienone is 1. The number of hydrogen-bond acceptors (Lipinski definition) is 2. The van der Waals surface area contributed by atoms with E-state index in [4.69, 9.17) is 0 Å². The van der Waals surface area contributed by atoms with Gasteiger partial charge in [0.05, 0.1) is 11.9 Å². The second kappa shape index (κ2) is 5.32. The molecule has 1 aliphatic rings. The largest absolute Gasteiger partial charge is 0.358 e. The Morgan fingerprint density at radius 1 is 1.63 bits per heavy atom. The van der Waals surface area contributed by atoms with Crippen molar-refractivity contribution in [1.82, 2.24) is 4.98 Å². The molecule has 0 aromatic carbocycles. The van der Waals surface area contributed by atoms with Crippen molar-refractivity contribution < 1.29 is 4.39 Å². The van der Waals surface area contributed by atoms with Crippen LogP contribution in [-0.2, 0) is 0 Å². The van der Waals surface area contributed by atoms with Crippen LogP contribution in [-0.4, -0.2) is 10.7 Å². The number of nitrogens with zero attached hydrogens (tertiary/aromatic N) is 1. The quantitative estimate of drug-likeness (QED) is 0.817. The molecule has 2 nitrogen and oxygen atoms in total. The first-order chi connectivity index (χ1) is 8.87. The van der Waals surface area contributed by atoms with Crippen LogP contribution in [0.1, 0.15) is 38.7 Å². The minimum absolute atomic E-state index is 0.246. The summed E-state index contributed by atoms with van der Waals surface area (Å²) < 4.78 is 13.5. The first-order valence-electron chi connectivity index (χ1n) is 6.92. The van der Waals surface area contributed by atoms with Gasteiger partial charge >= 0.3 is 0 Å². The Labute approximate surface area is 115 Å². The number of hydrogen-bond donors (Lipinski definition) is 1. The molecule has 3 atom stereocenters. The Hall–Kier alpha value is -1.38. The van der Waals surface area contributed by atoms with Crippen LogP contribution in [0.3, 0.4) is 0 Å². The van der Waals surface area contributed by atoms with Gasteiger partial charge in [0.2, 0.25) is 0 Å². The summed E-state index contributed by atoms with van der Waals surface area (Å²) >= 11 is 0. The van der Waals surface area contributed by atoms with Gasteiger partial charge in [-0.25, -0.2) is 4.39 Å². The Bertz CT molecular complexity index is 468. The third-order valence-electron chi connectivity index (χ3n) is 3.81. The molecule has 1 aromatic rings. The number of aromatic nitrogens is 1. The van der Waals surface area contributed by atoms with Gasteiger partial charge < -0.3 is 5.32 Å². The number of pyridine rings is 1. The molecule has 0 saturated heterocycles. The third-order valence-corrected chi connectivity index (χ3v) is 3.81. The van der Waals surface area contributed by atoms with E-state index in [1.807, 2.05) is 19.2 Å². The van der Waals surface area contributed by atoms with Gasteiger partial charge in [-0.3, -0.25) is 4.98 Å². The molecule has 1 heterocycles. The van der Waals surface area contributed by atoms with Gasteiger partial charge in [-0.1, -0.05) is 13.5 Å². The highest BCUT2D eigenvalue weighted by Crippen LogP contribution is 2.50. The van der Waals surface area contributed by atoms with Crippen molar-refractivity contribution in [1.29, 1.82) is 0 Å². The number of rotatable bonds is 6. The van der Waals surface area contributed by atoms with Crippen molar-refractivity contribution in [2.24, 2.45) is 11.8 Å². The maximum absolute atomic E-state index is 13.5. The lowest BCUT2D eigenvalue weighted by atomic mass is 9.98. The molecule has 3 unspecified atom stereocenters. The lowest BCUT2D eigenvalue weighted by Crippen LogP contribution is -2.07. The Morgan fingerprint density at radius 3 is 2.89 bits per heavy atom. The number of nitrogens with one attached hydrogen (secondary N) is 1. The summed E-state index contributed by atoms with van der Waals surface area (Å²) in [5.74, 6) is 0.705. The molecule has 1 N–H and O–H groups in total. The molecule has 0 amide bonds. The smallest absolute Gasteiger partial charge is 0.111 e. The van der Waals surface area contributed by atoms with Crippen LogP contribution in [0, 0.1) is 18.8 Å². The normalized spacial score (nSPS) is 26.8. The SMILES string of the molecule is C=C(CC(C)CC1CC1(C)F)Nc1cncc(C)c1. The minimum Gasteiger partial charge on any atom is -0.358 e. The summed E-state index contributed by atoms with van der Waals surface area (Å²) in [7, 11) is 0. The maximum Gasteiger partial charge on any atom is 0.111 e. The first-order valence-corrected chi connectivity index (χ1v) is 6.92. The van der Waals surface area contributed by atoms with Crippen LogP contribution in [0.2, 0.25) is 0 Å². The van der Waals surface area contributed by atoms with E-state index in [0.717, 1.165) is 36.2 Å². The first kappa shape index (κ1) is 14.0. The molecule has 1 saturated carbocycles. The topological polar surface area (TPSA) is 24.9 Å². The van der Waals surface area contributed by atoms with Gasteiger partial charge in [0.25, 0.3) is 0 Å². The molecule has 104 valence electrons. The summed E-state index contributed by atoms with van der Waals surface area (Å²) in [5, 5.41) is 3.28. The standard InChI is InChI=1S/C16H23FN2/c1-11(6-14-8-16(14,4)17)5-13(3)19-15-7-12(2)9-18-10-15/h7,9-11,14,19H,3,5-6,8H2,1-2,4H3. The summed E-state index contributed by atoms with van der Waals surface area (Å²) in [4.78, 5) is 4.14. The van der Waals surface area contributed by atoms with E-state index in [1.54, 1.807) is 13.1 Å². The van der Waals surface area contributed by atoms with Crippen LogP contribution >= 0.6 is 0 Å². The van der Waals surface area contributed by atoms with E-state index < -0.39 is 5.67 Å². The highest BCUT2D eigenvalue weighted by Gasteiger charge is 2.50. The molecule has 3 heteroatoms. The lowest BCUT2D eigenvalue weighted by molar-refractivity contribution is 0.290. The summed E-state index contributed by atoms with van der Waals surface area (Å²) in [5.41, 5.74) is 2.15. The molecule has 1 fully saturated rings. The number of alkyl halides is 1. The van der Waals surface area contributed by atoms with Crippen molar-refractivity contribution >= 4 is 5.69 Å². The second-order valence-corrected chi connectivity index (χ2v) is 6.20. The average molecular weight is 262 g/mol. The van der Waals surface area contributed by atoms with Crippen molar-refractivity contribution in [3.05, 3.63) is 36.3 Å². The zero-order valence-corrected chi connectivity index (χ0v) is 12.0. The Morgan fingerprint density at radius 2 is 2.32 bits per heavy atom. The highest BCUT2D eigenvalue weighted by atomic mass is 19.1. The zero-order chi connectivity index (χ0) is 14.0. The van der Waals surface area contributed by atoms with Gasteiger partial charge in [-0.2, -0.15) is 0 Å². The molecule has 1 aliphatic carbocycles. The molecule has 19 heavy (non-hydrogen) atoms. The van der Waals surface area contributed by atoms with Crippen LogP contribution in [0.5, 0.6) is 0 Å². The Balaban J connectivity index is 1.78. The van der Waals surface area contributed by atoms with E-state index in [2.05, 4.69) is 23.8 Å². The molecule has 1 aromatic heterocycles.